The van der Waals surface area contributed by atoms with E-state index in [1.807, 2.05) is 0 Å². The van der Waals surface area contributed by atoms with Crippen LogP contribution in [0.5, 0.6) is 0 Å². The fourth-order valence-electron chi connectivity index (χ4n) is 2.49. The molecule has 4 heteroatoms. The zero-order chi connectivity index (χ0) is 12.0. The molecule has 1 heterocycles. The first-order valence-corrected chi connectivity index (χ1v) is 6.34. The summed E-state index contributed by atoms with van der Waals surface area (Å²) >= 11 is 0. The van der Waals surface area contributed by atoms with Crippen molar-refractivity contribution in [3.8, 4) is 0 Å². The molecule has 96 valence electrons. The van der Waals surface area contributed by atoms with Crippen molar-refractivity contribution in [1.29, 1.82) is 0 Å². The van der Waals surface area contributed by atoms with E-state index in [0.29, 0.717) is 12.6 Å². The van der Waals surface area contributed by atoms with Gasteiger partial charge in [0.2, 0.25) is 0 Å². The van der Waals surface area contributed by atoms with E-state index < -0.39 is 0 Å². The molecule has 1 aliphatic heterocycles. The average Bonchev–Trinajstić information content (AvgIpc) is 2.41. The van der Waals surface area contributed by atoms with Gasteiger partial charge in [-0.3, -0.25) is 4.90 Å². The number of nitrogens with zero attached hydrogens (tertiary/aromatic N) is 2. The molecule has 2 unspecified atom stereocenters. The van der Waals surface area contributed by atoms with Crippen LogP contribution in [0, 0.1) is 0 Å². The van der Waals surface area contributed by atoms with Crippen LogP contribution in [0.3, 0.4) is 0 Å². The normalized spacial score (nSPS) is 26.6. The van der Waals surface area contributed by atoms with Gasteiger partial charge in [-0.1, -0.05) is 6.92 Å². The quantitative estimate of drug-likeness (QED) is 0.740. The predicted octanol–water partition coefficient (Wildman–Crippen LogP) is 0.376. The van der Waals surface area contributed by atoms with Crippen LogP contribution in [-0.4, -0.2) is 68.8 Å². The third kappa shape index (κ3) is 4.37. The molecule has 0 aliphatic carbocycles. The monoisotopic (exact) mass is 229 g/mol. The Morgan fingerprint density at radius 1 is 1.44 bits per heavy atom. The highest BCUT2D eigenvalue weighted by molar-refractivity contribution is 4.80. The van der Waals surface area contributed by atoms with Crippen molar-refractivity contribution < 1.29 is 4.74 Å². The summed E-state index contributed by atoms with van der Waals surface area (Å²) in [6.45, 7) is 7.41. The van der Waals surface area contributed by atoms with Gasteiger partial charge in [0.25, 0.3) is 0 Å². The second-order valence-electron chi connectivity index (χ2n) is 4.89. The van der Waals surface area contributed by atoms with Gasteiger partial charge in [0, 0.05) is 32.3 Å². The average molecular weight is 229 g/mol. The molecule has 4 nitrogen and oxygen atoms in total. The Morgan fingerprint density at radius 2 is 2.19 bits per heavy atom. The van der Waals surface area contributed by atoms with E-state index in [-0.39, 0.29) is 6.04 Å². The van der Waals surface area contributed by atoms with Crippen LogP contribution in [0.4, 0.5) is 0 Å². The van der Waals surface area contributed by atoms with Crippen molar-refractivity contribution in [3.05, 3.63) is 0 Å². The first kappa shape index (κ1) is 13.9. The minimum absolute atomic E-state index is 0.141. The second-order valence-corrected chi connectivity index (χ2v) is 4.89. The summed E-state index contributed by atoms with van der Waals surface area (Å²) in [5, 5.41) is 0. The van der Waals surface area contributed by atoms with Gasteiger partial charge in [-0.25, -0.2) is 0 Å². The molecule has 0 bridgehead atoms. The zero-order valence-electron chi connectivity index (χ0n) is 11.0. The predicted molar refractivity (Wildman–Crippen MR) is 67.6 cm³/mol. The fraction of sp³-hybridized carbons (Fsp3) is 1.00. The zero-order valence-corrected chi connectivity index (χ0v) is 11.0. The number of ether oxygens (including phenoxy) is 1. The van der Waals surface area contributed by atoms with Gasteiger partial charge < -0.3 is 15.4 Å². The van der Waals surface area contributed by atoms with E-state index >= 15 is 0 Å². The number of hydrogen-bond donors (Lipinski definition) is 1. The molecule has 2 N–H and O–H groups in total. The highest BCUT2D eigenvalue weighted by atomic mass is 16.5. The summed E-state index contributed by atoms with van der Waals surface area (Å²) in [4.78, 5) is 4.96. The lowest BCUT2D eigenvalue weighted by atomic mass is 10.1. The maximum absolute atomic E-state index is 6.04. The van der Waals surface area contributed by atoms with Crippen molar-refractivity contribution in [2.75, 3.05) is 46.9 Å². The van der Waals surface area contributed by atoms with Crippen LogP contribution in [-0.2, 0) is 4.74 Å². The van der Waals surface area contributed by atoms with Crippen molar-refractivity contribution >= 4 is 0 Å². The Kier molecular flexibility index (Phi) is 6.28. The molecule has 0 aromatic rings. The molecule has 0 aromatic heterocycles. The van der Waals surface area contributed by atoms with Crippen molar-refractivity contribution in [2.24, 2.45) is 5.73 Å². The third-order valence-corrected chi connectivity index (χ3v) is 3.34. The molecule has 16 heavy (non-hydrogen) atoms. The van der Waals surface area contributed by atoms with Crippen LogP contribution >= 0.6 is 0 Å². The number of methoxy groups -OCH3 is 1. The summed E-state index contributed by atoms with van der Waals surface area (Å²) in [5.41, 5.74) is 6.04. The molecule has 0 amide bonds. The van der Waals surface area contributed by atoms with Gasteiger partial charge >= 0.3 is 0 Å². The van der Waals surface area contributed by atoms with E-state index in [1.54, 1.807) is 7.11 Å². The molecule has 0 saturated carbocycles. The molecular weight excluding hydrogens is 202 g/mol. The maximum Gasteiger partial charge on any atom is 0.0626 e. The molecule has 0 aromatic carbocycles. The van der Waals surface area contributed by atoms with Gasteiger partial charge in [-0.15, -0.1) is 0 Å². The van der Waals surface area contributed by atoms with Crippen molar-refractivity contribution in [1.82, 2.24) is 9.80 Å². The second kappa shape index (κ2) is 7.22. The molecule has 1 rings (SSSR count). The van der Waals surface area contributed by atoms with E-state index in [2.05, 4.69) is 23.8 Å². The van der Waals surface area contributed by atoms with Gasteiger partial charge in [0.15, 0.2) is 0 Å². The van der Waals surface area contributed by atoms with E-state index in [1.165, 1.54) is 25.9 Å². The standard InChI is InChI=1S/C12H27N3O/c1-4-12-9-14(2)6-5-7-15(12)8-11(13)10-16-3/h11-12H,4-10,13H2,1-3H3. The number of hydrogen-bond acceptors (Lipinski definition) is 4. The Labute approximate surface area is 99.7 Å². The van der Waals surface area contributed by atoms with E-state index in [4.69, 9.17) is 10.5 Å². The lowest BCUT2D eigenvalue weighted by Gasteiger charge is -2.31. The summed E-state index contributed by atoms with van der Waals surface area (Å²) < 4.78 is 5.10. The molecule has 0 spiro atoms. The van der Waals surface area contributed by atoms with Crippen LogP contribution in [0.1, 0.15) is 19.8 Å². The first-order valence-electron chi connectivity index (χ1n) is 6.34. The molecule has 0 radical (unpaired) electrons. The van der Waals surface area contributed by atoms with Gasteiger partial charge in [0.05, 0.1) is 6.61 Å². The van der Waals surface area contributed by atoms with E-state index in [9.17, 15) is 0 Å². The van der Waals surface area contributed by atoms with Crippen molar-refractivity contribution in [2.45, 2.75) is 31.8 Å². The Balaban J connectivity index is 2.47. The van der Waals surface area contributed by atoms with Gasteiger partial charge in [-0.2, -0.15) is 0 Å². The summed E-state index contributed by atoms with van der Waals surface area (Å²) in [5.74, 6) is 0. The minimum Gasteiger partial charge on any atom is -0.383 e. The molecular formula is C12H27N3O. The maximum atomic E-state index is 6.04. The number of likely N-dealkylation sites (N-methyl/N-ethyl adjacent to an activating group) is 1. The molecule has 2 atom stereocenters. The van der Waals surface area contributed by atoms with Gasteiger partial charge in [0.1, 0.15) is 0 Å². The largest absolute Gasteiger partial charge is 0.383 e. The Bertz CT molecular complexity index is 189. The third-order valence-electron chi connectivity index (χ3n) is 3.34. The Morgan fingerprint density at radius 3 is 2.81 bits per heavy atom. The van der Waals surface area contributed by atoms with Crippen molar-refractivity contribution in [3.63, 3.8) is 0 Å². The summed E-state index contributed by atoms with van der Waals surface area (Å²) in [6.07, 6.45) is 2.44. The fourth-order valence-corrected chi connectivity index (χ4v) is 2.49. The van der Waals surface area contributed by atoms with Crippen LogP contribution in [0.25, 0.3) is 0 Å². The highest BCUT2D eigenvalue weighted by Crippen LogP contribution is 2.12. The molecule has 1 fully saturated rings. The van der Waals surface area contributed by atoms with E-state index in [0.717, 1.165) is 13.1 Å². The SMILES string of the molecule is CCC1CN(C)CCCN1CC(N)COC. The smallest absolute Gasteiger partial charge is 0.0626 e. The first-order chi connectivity index (χ1) is 7.67. The number of rotatable bonds is 5. The Hall–Kier alpha value is -0.160. The topological polar surface area (TPSA) is 41.7 Å². The minimum atomic E-state index is 0.141. The summed E-state index contributed by atoms with van der Waals surface area (Å²) in [7, 11) is 3.93. The van der Waals surface area contributed by atoms with Crippen LogP contribution in [0.2, 0.25) is 0 Å². The van der Waals surface area contributed by atoms with Crippen LogP contribution in [0.15, 0.2) is 0 Å². The molecule has 1 aliphatic rings. The highest BCUT2D eigenvalue weighted by Gasteiger charge is 2.23. The number of nitrogens with two attached hydrogens (primary N) is 1. The lowest BCUT2D eigenvalue weighted by molar-refractivity contribution is 0.129. The van der Waals surface area contributed by atoms with Crippen LogP contribution < -0.4 is 5.73 Å². The summed E-state index contributed by atoms with van der Waals surface area (Å²) in [6, 6.07) is 0.790. The van der Waals surface area contributed by atoms with Gasteiger partial charge in [-0.05, 0) is 33.0 Å². The molecule has 1 saturated heterocycles. The lowest BCUT2D eigenvalue weighted by Crippen LogP contribution is -2.47.